The van der Waals surface area contributed by atoms with Gasteiger partial charge >= 0.3 is 177 Å². The Morgan fingerprint density at radius 1 is 0.778 bits per heavy atom. The third-order valence-electron chi connectivity index (χ3n) is 7.12. The van der Waals surface area contributed by atoms with Crippen LogP contribution < -0.4 is 5.19 Å². The van der Waals surface area contributed by atoms with Gasteiger partial charge in [0, 0.05) is 0 Å². The predicted octanol–water partition coefficient (Wildman–Crippen LogP) is 7.75. The molecule has 1 aliphatic carbocycles. The minimum absolute atomic E-state index is 0.400. The Morgan fingerprint density at radius 3 is 1.52 bits per heavy atom. The van der Waals surface area contributed by atoms with E-state index in [2.05, 4.69) is 96.2 Å². The molecule has 0 spiro atoms. The summed E-state index contributed by atoms with van der Waals surface area (Å²) in [6.07, 6.45) is 0. The van der Waals surface area contributed by atoms with Gasteiger partial charge in [-0.15, -0.1) is 0 Å². The fourth-order valence-electron chi connectivity index (χ4n) is 6.35. The molecule has 1 aliphatic rings. The van der Waals surface area contributed by atoms with Gasteiger partial charge in [-0.05, 0) is 0 Å². The van der Waals surface area contributed by atoms with Crippen LogP contribution in [0.1, 0.15) is 55.4 Å². The molecule has 1 aromatic carbocycles. The Morgan fingerprint density at radius 2 is 1.19 bits per heavy atom. The summed E-state index contributed by atoms with van der Waals surface area (Å²) in [7, 11) is -1.83. The second-order valence-corrected chi connectivity index (χ2v) is 19.3. The summed E-state index contributed by atoms with van der Waals surface area (Å²) in [6.45, 7) is 19.6. The topological polar surface area (TPSA) is 0 Å². The van der Waals surface area contributed by atoms with Crippen LogP contribution in [0.25, 0.3) is 0 Å². The molecule has 0 bridgehead atoms. The maximum absolute atomic E-state index is 2.66. The molecule has 2 rings (SSSR count). The van der Waals surface area contributed by atoms with Gasteiger partial charge in [0.25, 0.3) is 0 Å². The Bertz CT molecular complexity index is 688. The van der Waals surface area contributed by atoms with E-state index in [4.69, 9.17) is 0 Å². The Kier molecular flexibility index (Phi) is 7.26. The molecule has 1 aromatic rings. The molecular formula is C25H41SiTi. The molecule has 0 radical (unpaired) electrons. The van der Waals surface area contributed by atoms with E-state index in [0.29, 0.717) is 3.34 Å². The maximum atomic E-state index is 2.66. The molecule has 2 heteroatoms. The summed E-state index contributed by atoms with van der Waals surface area (Å²) in [5.41, 5.74) is 6.69. The first-order chi connectivity index (χ1) is 12.5. The van der Waals surface area contributed by atoms with Crippen LogP contribution >= 0.6 is 0 Å². The average molecular weight is 418 g/mol. The van der Waals surface area contributed by atoms with Crippen molar-refractivity contribution in [2.24, 2.45) is 11.8 Å². The van der Waals surface area contributed by atoms with E-state index in [0.717, 1.165) is 11.8 Å². The standard InChI is InChI=1S/C23H35Si.2CH3.Ti/c1-16(2)14-24(15-17(3)4,22-12-10-9-11-13-22)23-20(7)18(5)19(6)21(23)8;;;/h9-13,16-17H,14-15H2,1-8H3;2*1H3;. The summed E-state index contributed by atoms with van der Waals surface area (Å²) < 4.78 is 0.400. The first-order valence-electron chi connectivity index (χ1n) is 10.7. The molecular weight excluding hydrogens is 376 g/mol. The zero-order valence-electron chi connectivity index (χ0n) is 19.5. The first kappa shape index (κ1) is 22.9. The van der Waals surface area contributed by atoms with Crippen molar-refractivity contribution in [3.05, 3.63) is 52.6 Å². The van der Waals surface area contributed by atoms with E-state index in [-0.39, 0.29) is 0 Å². The van der Waals surface area contributed by atoms with Gasteiger partial charge < -0.3 is 0 Å². The quantitative estimate of drug-likeness (QED) is 0.398. The third kappa shape index (κ3) is 3.65. The Labute approximate surface area is 176 Å². The SMILES string of the molecule is CC1=C(C)[C]([Ti]([CH3])[CH3])([Si](CC(C)C)(CC(C)C)c2ccccc2)C(C)=C1C. The number of allylic oxidation sites excluding steroid dienone is 4. The van der Waals surface area contributed by atoms with Crippen molar-refractivity contribution in [2.45, 2.75) is 81.3 Å². The molecule has 0 heterocycles. The van der Waals surface area contributed by atoms with Crippen LogP contribution in [0.4, 0.5) is 0 Å². The van der Waals surface area contributed by atoms with Gasteiger partial charge in [-0.2, -0.15) is 0 Å². The molecule has 0 saturated carbocycles. The van der Waals surface area contributed by atoms with Crippen molar-refractivity contribution in [1.82, 2.24) is 0 Å². The monoisotopic (exact) mass is 417 g/mol. The van der Waals surface area contributed by atoms with Crippen LogP contribution in [0.2, 0.25) is 25.9 Å². The van der Waals surface area contributed by atoms with Gasteiger partial charge in [0.05, 0.1) is 0 Å². The zero-order chi connectivity index (χ0) is 20.6. The summed E-state index contributed by atoms with van der Waals surface area (Å²) in [5, 5.41) is 7.02. The molecule has 149 valence electrons. The molecule has 0 amide bonds. The molecule has 0 aromatic heterocycles. The Balaban J connectivity index is 2.97. The summed E-state index contributed by atoms with van der Waals surface area (Å²) in [5.74, 6) is 1.48. The van der Waals surface area contributed by atoms with Crippen LogP contribution in [-0.4, -0.2) is 8.07 Å². The zero-order valence-corrected chi connectivity index (χ0v) is 22.0. The van der Waals surface area contributed by atoms with E-state index in [9.17, 15) is 0 Å². The van der Waals surface area contributed by atoms with Crippen LogP contribution in [0.5, 0.6) is 0 Å². The predicted molar refractivity (Wildman–Crippen MR) is 122 cm³/mol. The van der Waals surface area contributed by atoms with Crippen molar-refractivity contribution in [2.75, 3.05) is 0 Å². The van der Waals surface area contributed by atoms with Crippen molar-refractivity contribution < 1.29 is 17.9 Å². The van der Waals surface area contributed by atoms with Crippen LogP contribution in [0.15, 0.2) is 52.6 Å². The first-order valence-corrected chi connectivity index (χ1v) is 17.1. The van der Waals surface area contributed by atoms with E-state index in [1.54, 1.807) is 27.5 Å². The molecule has 0 fully saturated rings. The number of hydrogen-bond donors (Lipinski definition) is 0. The minimum atomic E-state index is -1.83. The normalized spacial score (nSPS) is 17.5. The summed E-state index contributed by atoms with van der Waals surface area (Å²) >= 11 is -1.35. The molecule has 27 heavy (non-hydrogen) atoms. The molecule has 0 nitrogen and oxygen atoms in total. The van der Waals surface area contributed by atoms with Crippen molar-refractivity contribution in [1.29, 1.82) is 0 Å². The molecule has 0 unspecified atom stereocenters. The number of hydrogen-bond acceptors (Lipinski definition) is 0. The average Bonchev–Trinajstić information content (AvgIpc) is 2.76. The Hall–Kier alpha value is -0.369. The fraction of sp³-hybridized carbons (Fsp3) is 0.600. The van der Waals surface area contributed by atoms with E-state index < -0.39 is 25.9 Å². The van der Waals surface area contributed by atoms with Gasteiger partial charge in [0.2, 0.25) is 0 Å². The van der Waals surface area contributed by atoms with Crippen LogP contribution in [0, 0.1) is 11.8 Å². The van der Waals surface area contributed by atoms with Gasteiger partial charge in [-0.25, -0.2) is 0 Å². The molecule has 0 aliphatic heterocycles. The van der Waals surface area contributed by atoms with E-state index >= 15 is 0 Å². The van der Waals surface area contributed by atoms with Crippen molar-refractivity contribution in [3.8, 4) is 0 Å². The van der Waals surface area contributed by atoms with E-state index in [1.807, 2.05) is 0 Å². The van der Waals surface area contributed by atoms with Crippen molar-refractivity contribution >= 4 is 13.3 Å². The van der Waals surface area contributed by atoms with Crippen molar-refractivity contribution in [3.63, 3.8) is 0 Å². The fourth-order valence-corrected chi connectivity index (χ4v) is 23.5. The third-order valence-corrected chi connectivity index (χ3v) is 21.6. The van der Waals surface area contributed by atoms with Gasteiger partial charge in [-0.1, -0.05) is 0 Å². The van der Waals surface area contributed by atoms with Gasteiger partial charge in [0.15, 0.2) is 0 Å². The molecule has 0 atom stereocenters. The van der Waals surface area contributed by atoms with E-state index in [1.165, 1.54) is 12.1 Å². The molecule has 0 saturated heterocycles. The second kappa shape index (κ2) is 8.56. The summed E-state index contributed by atoms with van der Waals surface area (Å²) in [4.78, 5) is 0. The van der Waals surface area contributed by atoms with Gasteiger partial charge in [0.1, 0.15) is 0 Å². The van der Waals surface area contributed by atoms with Gasteiger partial charge in [-0.3, -0.25) is 0 Å². The summed E-state index contributed by atoms with van der Waals surface area (Å²) in [6, 6.07) is 14.6. The molecule has 0 N–H and O–H groups in total. The number of rotatable bonds is 7. The van der Waals surface area contributed by atoms with Crippen LogP contribution in [-0.2, 0) is 17.9 Å². The second-order valence-electron chi connectivity index (χ2n) is 9.89. The van der Waals surface area contributed by atoms with Crippen LogP contribution in [0.3, 0.4) is 0 Å². The number of benzene rings is 1.